The Morgan fingerprint density at radius 2 is 1.72 bits per heavy atom. The fourth-order valence-electron chi connectivity index (χ4n) is 5.12. The lowest BCUT2D eigenvalue weighted by Gasteiger charge is -2.36. The average Bonchev–Trinajstić information content (AvgIpc) is 3.30. The number of H-pyrrole nitrogens is 1. The molecule has 4 aromatic rings. The van der Waals surface area contributed by atoms with E-state index in [9.17, 15) is 4.79 Å². The summed E-state index contributed by atoms with van der Waals surface area (Å²) in [7, 11) is 4.64. The smallest absolute Gasteiger partial charge is 0.254 e. The van der Waals surface area contributed by atoms with Gasteiger partial charge in [-0.3, -0.25) is 4.79 Å². The highest BCUT2D eigenvalue weighted by Gasteiger charge is 2.35. The summed E-state index contributed by atoms with van der Waals surface area (Å²) in [5.41, 5.74) is 4.78. The Labute approximate surface area is 210 Å². The van der Waals surface area contributed by atoms with Gasteiger partial charge in [-0.25, -0.2) is 0 Å². The molecule has 1 atom stereocenters. The first-order valence-corrected chi connectivity index (χ1v) is 12.0. The Balaban J connectivity index is 1.65. The number of aromatic nitrogens is 1. The molecule has 186 valence electrons. The van der Waals surface area contributed by atoms with Crippen molar-refractivity contribution in [1.82, 2.24) is 9.88 Å². The molecule has 0 fully saturated rings. The van der Waals surface area contributed by atoms with Crippen LogP contribution in [0.15, 0.2) is 60.7 Å². The van der Waals surface area contributed by atoms with Crippen LogP contribution in [0.3, 0.4) is 0 Å². The van der Waals surface area contributed by atoms with Crippen LogP contribution < -0.4 is 18.9 Å². The highest BCUT2D eigenvalue weighted by Crippen LogP contribution is 2.42. The van der Waals surface area contributed by atoms with E-state index < -0.39 is 0 Å². The van der Waals surface area contributed by atoms with Crippen molar-refractivity contribution >= 4 is 16.8 Å². The number of methoxy groups -OCH3 is 3. The largest absolute Gasteiger partial charge is 0.494 e. The zero-order valence-corrected chi connectivity index (χ0v) is 21.0. The number of nitrogens with zero attached hydrogens (tertiary/aromatic N) is 1. The average molecular weight is 487 g/mol. The van der Waals surface area contributed by atoms with Gasteiger partial charge in [0.05, 0.1) is 34.0 Å². The molecule has 0 bridgehead atoms. The number of rotatable bonds is 7. The van der Waals surface area contributed by atoms with Gasteiger partial charge >= 0.3 is 0 Å². The Morgan fingerprint density at radius 1 is 0.972 bits per heavy atom. The molecule has 1 amide bonds. The maximum atomic E-state index is 14.1. The molecule has 7 nitrogen and oxygen atoms in total. The Morgan fingerprint density at radius 3 is 2.42 bits per heavy atom. The summed E-state index contributed by atoms with van der Waals surface area (Å²) in [6.45, 7) is 3.09. The maximum Gasteiger partial charge on any atom is 0.254 e. The first-order valence-electron chi connectivity index (χ1n) is 12.0. The summed E-state index contributed by atoms with van der Waals surface area (Å²) in [5, 5.41) is 1.19. The second kappa shape index (κ2) is 9.85. The summed E-state index contributed by atoms with van der Waals surface area (Å²) in [4.78, 5) is 19.6. The van der Waals surface area contributed by atoms with Crippen molar-refractivity contribution in [3.05, 3.63) is 83.0 Å². The molecule has 0 saturated carbocycles. The van der Waals surface area contributed by atoms with Gasteiger partial charge in [-0.1, -0.05) is 30.3 Å². The fraction of sp³-hybridized carbons (Fsp3) is 0.276. The van der Waals surface area contributed by atoms with E-state index in [-0.39, 0.29) is 11.9 Å². The standard InChI is InChI=1S/C29H30N2O5/c1-5-36-20-10-8-9-18(15-20)27-26-22(21-11-6-7-12-23(21)30-26)13-14-31(27)29(32)19-16-24(33-2)28(35-4)25(17-19)34-3/h6-12,15-17,27,30H,5,13-14H2,1-4H3/t27-/m0/s1. The molecule has 0 saturated heterocycles. The van der Waals surface area contributed by atoms with E-state index in [2.05, 4.69) is 23.2 Å². The monoisotopic (exact) mass is 486 g/mol. The van der Waals surface area contributed by atoms with Gasteiger partial charge in [0.2, 0.25) is 5.75 Å². The number of amides is 1. The minimum atomic E-state index is -0.312. The van der Waals surface area contributed by atoms with Crippen molar-refractivity contribution in [3.63, 3.8) is 0 Å². The number of para-hydroxylation sites is 1. The highest BCUT2D eigenvalue weighted by molar-refractivity contribution is 5.97. The lowest BCUT2D eigenvalue weighted by atomic mass is 9.91. The molecule has 7 heteroatoms. The van der Waals surface area contributed by atoms with E-state index in [1.807, 2.05) is 42.2 Å². The number of hydrogen-bond donors (Lipinski definition) is 1. The third-order valence-electron chi connectivity index (χ3n) is 6.69. The first kappa shape index (κ1) is 23.6. The number of carbonyl (C=O) groups is 1. The van der Waals surface area contributed by atoms with E-state index in [4.69, 9.17) is 18.9 Å². The molecule has 1 aliphatic rings. The Hall–Kier alpha value is -4.13. The lowest BCUT2D eigenvalue weighted by Crippen LogP contribution is -2.40. The number of fused-ring (bicyclic) bond motifs is 3. The number of aromatic amines is 1. The summed E-state index contributed by atoms with van der Waals surface area (Å²) in [6.07, 6.45) is 0.747. The molecule has 0 aliphatic carbocycles. The van der Waals surface area contributed by atoms with Gasteiger partial charge in [-0.15, -0.1) is 0 Å². The first-order chi connectivity index (χ1) is 17.6. The van der Waals surface area contributed by atoms with Gasteiger partial charge in [0, 0.05) is 28.7 Å². The zero-order chi connectivity index (χ0) is 25.2. The lowest BCUT2D eigenvalue weighted by molar-refractivity contribution is 0.0691. The Kier molecular flexibility index (Phi) is 6.46. The van der Waals surface area contributed by atoms with Crippen LogP contribution in [0.25, 0.3) is 10.9 Å². The third-order valence-corrected chi connectivity index (χ3v) is 6.69. The van der Waals surface area contributed by atoms with Gasteiger partial charge in [0.25, 0.3) is 5.91 Å². The summed E-state index contributed by atoms with van der Waals surface area (Å²) < 4.78 is 22.3. The molecule has 3 aromatic carbocycles. The molecule has 1 N–H and O–H groups in total. The molecule has 36 heavy (non-hydrogen) atoms. The van der Waals surface area contributed by atoms with E-state index in [0.29, 0.717) is 36.0 Å². The van der Waals surface area contributed by atoms with Crippen LogP contribution in [-0.2, 0) is 6.42 Å². The fourth-order valence-corrected chi connectivity index (χ4v) is 5.12. The van der Waals surface area contributed by atoms with Gasteiger partial charge in [0.1, 0.15) is 5.75 Å². The van der Waals surface area contributed by atoms with Crippen molar-refractivity contribution in [3.8, 4) is 23.0 Å². The van der Waals surface area contributed by atoms with Crippen molar-refractivity contribution < 1.29 is 23.7 Å². The van der Waals surface area contributed by atoms with Crippen LogP contribution >= 0.6 is 0 Å². The molecule has 2 heterocycles. The van der Waals surface area contributed by atoms with Crippen molar-refractivity contribution in [2.75, 3.05) is 34.5 Å². The van der Waals surface area contributed by atoms with E-state index in [1.54, 1.807) is 33.5 Å². The van der Waals surface area contributed by atoms with Gasteiger partial charge in [-0.05, 0) is 54.8 Å². The van der Waals surface area contributed by atoms with Gasteiger partial charge < -0.3 is 28.8 Å². The Bertz CT molecular complexity index is 1390. The summed E-state index contributed by atoms with van der Waals surface area (Å²) in [5.74, 6) is 2.00. The predicted molar refractivity (Wildman–Crippen MR) is 139 cm³/mol. The maximum absolute atomic E-state index is 14.1. The van der Waals surface area contributed by atoms with Crippen molar-refractivity contribution in [2.45, 2.75) is 19.4 Å². The van der Waals surface area contributed by atoms with Crippen LogP contribution in [-0.4, -0.2) is 50.3 Å². The number of nitrogens with one attached hydrogen (secondary N) is 1. The molecular formula is C29H30N2O5. The van der Waals surface area contributed by atoms with Crippen LogP contribution in [0.1, 0.15) is 40.1 Å². The number of benzene rings is 3. The normalized spacial score (nSPS) is 14.9. The second-order valence-corrected chi connectivity index (χ2v) is 8.63. The van der Waals surface area contributed by atoms with E-state index in [1.165, 1.54) is 10.9 Å². The minimum absolute atomic E-state index is 0.120. The van der Waals surface area contributed by atoms with Crippen molar-refractivity contribution in [1.29, 1.82) is 0 Å². The molecule has 0 spiro atoms. The molecule has 1 aromatic heterocycles. The van der Waals surface area contributed by atoms with Crippen LogP contribution in [0, 0.1) is 0 Å². The zero-order valence-electron chi connectivity index (χ0n) is 21.0. The third kappa shape index (κ3) is 4.00. The summed E-state index contributed by atoms with van der Waals surface area (Å²) >= 11 is 0. The van der Waals surface area contributed by atoms with Crippen molar-refractivity contribution in [2.24, 2.45) is 0 Å². The van der Waals surface area contributed by atoms with E-state index >= 15 is 0 Å². The van der Waals surface area contributed by atoms with Gasteiger partial charge in [0.15, 0.2) is 11.5 Å². The number of ether oxygens (including phenoxy) is 4. The molecule has 5 rings (SSSR count). The van der Waals surface area contributed by atoms with Crippen LogP contribution in [0.5, 0.6) is 23.0 Å². The topological polar surface area (TPSA) is 73.0 Å². The minimum Gasteiger partial charge on any atom is -0.494 e. The van der Waals surface area contributed by atoms with Gasteiger partial charge in [-0.2, -0.15) is 0 Å². The predicted octanol–water partition coefficient (Wildman–Crippen LogP) is 5.38. The van der Waals surface area contributed by atoms with E-state index in [0.717, 1.165) is 28.9 Å². The quantitative estimate of drug-likeness (QED) is 0.380. The molecule has 1 aliphatic heterocycles. The second-order valence-electron chi connectivity index (χ2n) is 8.63. The SMILES string of the molecule is CCOc1cccc([C@H]2c3[nH]c4ccccc4c3CCN2C(=O)c2cc(OC)c(OC)c(OC)c2)c1. The number of carbonyl (C=O) groups excluding carboxylic acids is 1. The molecule has 0 radical (unpaired) electrons. The molecular weight excluding hydrogens is 456 g/mol. The molecule has 0 unspecified atom stereocenters. The summed E-state index contributed by atoms with van der Waals surface area (Å²) in [6, 6.07) is 19.4. The van der Waals surface area contributed by atoms with Crippen LogP contribution in [0.4, 0.5) is 0 Å². The van der Waals surface area contributed by atoms with Crippen LogP contribution in [0.2, 0.25) is 0 Å². The highest BCUT2D eigenvalue weighted by atomic mass is 16.5. The number of hydrogen-bond acceptors (Lipinski definition) is 5.